The first-order valence-electron chi connectivity index (χ1n) is 20.1. The van der Waals surface area contributed by atoms with Crippen molar-refractivity contribution in [2.45, 2.75) is 118 Å². The third kappa shape index (κ3) is 8.15. The Morgan fingerprint density at radius 3 is 2.39 bits per heavy atom. The van der Waals surface area contributed by atoms with E-state index in [0.29, 0.717) is 69.4 Å². The molecule has 0 radical (unpaired) electrons. The van der Waals surface area contributed by atoms with Crippen LogP contribution in [0, 0.1) is 40.4 Å². The summed E-state index contributed by atoms with van der Waals surface area (Å²) in [5.41, 5.74) is -0.0791. The van der Waals surface area contributed by atoms with Gasteiger partial charge in [-0.1, -0.05) is 59.6 Å². The second-order valence-corrected chi connectivity index (χ2v) is 19.4. The van der Waals surface area contributed by atoms with Crippen molar-refractivity contribution in [3.63, 3.8) is 0 Å². The zero-order valence-electron chi connectivity index (χ0n) is 33.4. The van der Waals surface area contributed by atoms with E-state index in [1.165, 1.54) is 13.5 Å². The van der Waals surface area contributed by atoms with Gasteiger partial charge in [0.15, 0.2) is 5.78 Å². The highest BCUT2D eigenvalue weighted by atomic mass is 35.5. The lowest BCUT2D eigenvalue weighted by atomic mass is 9.77. The maximum absolute atomic E-state index is 14.8. The molecular formula is C43H54ClN3O8S. The number of pyridine rings is 1. The SMILES string of the molecule is CCC1C[C@]1(CC(=O)[C@@H]1CC(Oc2cc(-c3csc(CC(C)C)n3)nc3c(Cl)c(OC)ccc23)CN1C(=O)[C@@H](CC(=O)OC1C[C@@H]2C[C@@H]2C1)C(C)(C)C)C(=O)O. The molecule has 4 fully saturated rings. The van der Waals surface area contributed by atoms with Gasteiger partial charge in [0.25, 0.3) is 0 Å². The van der Waals surface area contributed by atoms with Crippen molar-refractivity contribution in [2.75, 3.05) is 13.7 Å². The number of carbonyl (C=O) groups is 4. The average molecular weight is 808 g/mol. The van der Waals surface area contributed by atoms with Crippen LogP contribution < -0.4 is 9.47 Å². The van der Waals surface area contributed by atoms with Crippen molar-refractivity contribution in [1.82, 2.24) is 14.9 Å². The van der Waals surface area contributed by atoms with E-state index in [4.69, 9.17) is 35.8 Å². The molecule has 3 aromatic rings. The number of halogens is 1. The van der Waals surface area contributed by atoms with Crippen molar-refractivity contribution in [3.8, 4) is 22.9 Å². The van der Waals surface area contributed by atoms with Gasteiger partial charge in [0.1, 0.15) is 28.7 Å². The summed E-state index contributed by atoms with van der Waals surface area (Å²) in [4.78, 5) is 66.3. The Morgan fingerprint density at radius 1 is 1.04 bits per heavy atom. The molecular weight excluding hydrogens is 754 g/mol. The highest BCUT2D eigenvalue weighted by Crippen LogP contribution is 2.58. The summed E-state index contributed by atoms with van der Waals surface area (Å²) in [6.45, 7) is 12.0. The number of aromatic nitrogens is 2. The molecule has 4 aliphatic rings. The van der Waals surface area contributed by atoms with Crippen LogP contribution >= 0.6 is 22.9 Å². The number of rotatable bonds is 15. The number of fused-ring (bicyclic) bond motifs is 2. The Morgan fingerprint density at radius 2 is 1.77 bits per heavy atom. The van der Waals surface area contributed by atoms with E-state index in [1.54, 1.807) is 22.3 Å². The topological polar surface area (TPSA) is 145 Å². The van der Waals surface area contributed by atoms with Crippen LogP contribution in [0.25, 0.3) is 22.3 Å². The molecule has 0 bridgehead atoms. The Balaban J connectivity index is 1.20. The van der Waals surface area contributed by atoms with E-state index in [0.717, 1.165) is 24.3 Å². The number of thiazole rings is 1. The molecule has 1 aromatic carbocycles. The lowest BCUT2D eigenvalue weighted by Crippen LogP contribution is -2.48. The molecule has 3 unspecified atom stereocenters. The van der Waals surface area contributed by atoms with Crippen LogP contribution in [0.15, 0.2) is 23.6 Å². The van der Waals surface area contributed by atoms with E-state index in [1.807, 2.05) is 45.2 Å². The first kappa shape index (κ1) is 40.4. The number of aliphatic carboxylic acids is 1. The Hall–Kier alpha value is -3.77. The summed E-state index contributed by atoms with van der Waals surface area (Å²) in [6, 6.07) is 4.45. The summed E-state index contributed by atoms with van der Waals surface area (Å²) < 4.78 is 18.2. The minimum Gasteiger partial charge on any atom is -0.495 e. The number of Topliss-reactive ketones (excluding diaryl/α,β-unsaturated/α-hetero) is 1. The van der Waals surface area contributed by atoms with Crippen LogP contribution in [0.2, 0.25) is 5.02 Å². The largest absolute Gasteiger partial charge is 0.495 e. The Kier molecular flexibility index (Phi) is 11.2. The van der Waals surface area contributed by atoms with E-state index in [-0.39, 0.29) is 49.5 Å². The van der Waals surface area contributed by atoms with Crippen LogP contribution in [0.1, 0.15) is 97.9 Å². The molecule has 0 spiro atoms. The fraction of sp³-hybridized carbons (Fsp3) is 0.628. The van der Waals surface area contributed by atoms with E-state index in [2.05, 4.69) is 13.8 Å². The number of likely N-dealkylation sites (tertiary alicyclic amines) is 1. The fourth-order valence-corrected chi connectivity index (χ4v) is 10.4. The van der Waals surface area contributed by atoms with E-state index < -0.39 is 40.8 Å². The first-order valence-corrected chi connectivity index (χ1v) is 21.3. The van der Waals surface area contributed by atoms with Gasteiger partial charge < -0.3 is 24.2 Å². The van der Waals surface area contributed by atoms with Gasteiger partial charge in [0.2, 0.25) is 5.91 Å². The molecule has 2 aromatic heterocycles. The fourth-order valence-electron chi connectivity index (χ4n) is 9.10. The molecule has 56 heavy (non-hydrogen) atoms. The molecule has 8 atom stereocenters. The maximum atomic E-state index is 14.8. The summed E-state index contributed by atoms with van der Waals surface area (Å²) in [5, 5.41) is 14.1. The van der Waals surface area contributed by atoms with Crippen molar-refractivity contribution >= 4 is 57.5 Å². The lowest BCUT2D eigenvalue weighted by molar-refractivity contribution is -0.157. The minimum absolute atomic E-state index is 0.0679. The molecule has 3 saturated carbocycles. The maximum Gasteiger partial charge on any atom is 0.310 e. The van der Waals surface area contributed by atoms with E-state index in [9.17, 15) is 24.3 Å². The van der Waals surface area contributed by atoms with Crippen LogP contribution in [0.4, 0.5) is 0 Å². The zero-order valence-corrected chi connectivity index (χ0v) is 35.0. The second-order valence-electron chi connectivity index (χ2n) is 18.1. The minimum atomic E-state index is -1.14. The molecule has 3 heterocycles. The third-order valence-corrected chi connectivity index (χ3v) is 13.8. The van der Waals surface area contributed by atoms with Crippen molar-refractivity contribution in [2.24, 2.45) is 40.4 Å². The molecule has 3 aliphatic carbocycles. The number of amides is 1. The quantitative estimate of drug-likeness (QED) is 0.149. The van der Waals surface area contributed by atoms with Crippen LogP contribution in [0.5, 0.6) is 11.5 Å². The number of methoxy groups -OCH3 is 1. The second kappa shape index (κ2) is 15.5. The number of ketones is 1. The third-order valence-electron chi connectivity index (χ3n) is 12.5. The zero-order chi connectivity index (χ0) is 40.3. The van der Waals surface area contributed by atoms with Gasteiger partial charge in [-0.15, -0.1) is 11.3 Å². The van der Waals surface area contributed by atoms with Crippen molar-refractivity contribution in [3.05, 3.63) is 33.6 Å². The Labute approximate surface area is 337 Å². The molecule has 1 amide bonds. The van der Waals surface area contributed by atoms with Gasteiger partial charge in [0, 0.05) is 36.1 Å². The predicted molar refractivity (Wildman–Crippen MR) is 214 cm³/mol. The predicted octanol–water partition coefficient (Wildman–Crippen LogP) is 8.42. The number of hydrogen-bond donors (Lipinski definition) is 1. The smallest absolute Gasteiger partial charge is 0.310 e. The molecule has 1 aliphatic heterocycles. The van der Waals surface area contributed by atoms with Gasteiger partial charge in [-0.25, -0.2) is 9.97 Å². The van der Waals surface area contributed by atoms with Crippen molar-refractivity contribution in [1.29, 1.82) is 0 Å². The first-order chi connectivity index (χ1) is 26.5. The number of benzene rings is 1. The summed E-state index contributed by atoms with van der Waals surface area (Å²) in [6.07, 6.45) is 3.98. The standard InChI is InChI=1S/C43H54ClN3O8S/c1-8-25-18-43(25,41(51)52)19-33(48)32-15-27(20-47(32)40(50)29(42(4,5)6)16-37(49)55-26-13-23-12-24(23)14-26)54-35-17-30(31-21-56-36(45-31)11-22(2)3)46-39-28(35)9-10-34(53-7)38(39)44/h9-10,17,21-27,29,32H,8,11-16,18-20H2,1-7H3,(H,51,52)/t23-,24+,25?,26?,27?,29-,32+,43-/m1/s1. The molecule has 13 heteroatoms. The molecule has 11 nitrogen and oxygen atoms in total. The summed E-state index contributed by atoms with van der Waals surface area (Å²) in [7, 11) is 1.54. The van der Waals surface area contributed by atoms with E-state index >= 15 is 0 Å². The number of hydrogen-bond acceptors (Lipinski definition) is 10. The van der Waals surface area contributed by atoms with Gasteiger partial charge in [0.05, 0.1) is 59.4 Å². The number of nitrogens with zero attached hydrogens (tertiary/aromatic N) is 3. The monoisotopic (exact) mass is 807 g/mol. The van der Waals surface area contributed by atoms with Gasteiger partial charge in [-0.2, -0.15) is 0 Å². The summed E-state index contributed by atoms with van der Waals surface area (Å²) in [5.74, 6) is -0.293. The molecule has 1 N–H and O–H groups in total. The normalized spacial score (nSPS) is 27.3. The van der Waals surface area contributed by atoms with Crippen LogP contribution in [-0.4, -0.2) is 75.5 Å². The molecule has 7 rings (SSSR count). The number of carboxylic acid groups (broad SMARTS) is 1. The number of carboxylic acids is 1. The number of esters is 1. The number of ether oxygens (including phenoxy) is 3. The van der Waals surface area contributed by atoms with Gasteiger partial charge >= 0.3 is 11.9 Å². The lowest BCUT2D eigenvalue weighted by Gasteiger charge is -2.35. The Bertz CT molecular complexity index is 2020. The highest BCUT2D eigenvalue weighted by molar-refractivity contribution is 7.09. The van der Waals surface area contributed by atoms with Crippen LogP contribution in [0.3, 0.4) is 0 Å². The van der Waals surface area contributed by atoms with Gasteiger partial charge in [-0.05, 0) is 66.9 Å². The highest BCUT2D eigenvalue weighted by Gasteiger charge is 2.61. The summed E-state index contributed by atoms with van der Waals surface area (Å²) >= 11 is 8.41. The molecule has 1 saturated heterocycles. The number of carbonyl (C=O) groups excluding carboxylic acids is 3. The average Bonchev–Trinajstić information content (AvgIpc) is 3.80. The van der Waals surface area contributed by atoms with Crippen LogP contribution in [-0.2, 0) is 30.3 Å². The van der Waals surface area contributed by atoms with Crippen molar-refractivity contribution < 1.29 is 38.5 Å². The molecule has 302 valence electrons. The van der Waals surface area contributed by atoms with Gasteiger partial charge in [-0.3, -0.25) is 19.2 Å².